The van der Waals surface area contributed by atoms with Crippen LogP contribution in [0.3, 0.4) is 0 Å². The lowest BCUT2D eigenvalue weighted by atomic mass is 10.1. The van der Waals surface area contributed by atoms with Gasteiger partial charge in [-0.2, -0.15) is 5.26 Å². The summed E-state index contributed by atoms with van der Waals surface area (Å²) in [7, 11) is 0. The summed E-state index contributed by atoms with van der Waals surface area (Å²) >= 11 is 5.60. The van der Waals surface area contributed by atoms with Gasteiger partial charge in [0, 0.05) is 10.6 Å². The van der Waals surface area contributed by atoms with Crippen LogP contribution in [0.5, 0.6) is 0 Å². The third kappa shape index (κ3) is 2.21. The second kappa shape index (κ2) is 4.07. The zero-order chi connectivity index (χ0) is 10.7. The van der Waals surface area contributed by atoms with Crippen LogP contribution in [0.15, 0.2) is 12.1 Å². The van der Waals surface area contributed by atoms with Gasteiger partial charge in [-0.25, -0.2) is 4.39 Å². The van der Waals surface area contributed by atoms with Crippen molar-refractivity contribution < 1.29 is 14.3 Å². The summed E-state index contributed by atoms with van der Waals surface area (Å²) < 4.78 is 13.2. The first-order valence-corrected chi connectivity index (χ1v) is 4.02. The number of halogens is 2. The second-order valence-corrected chi connectivity index (χ2v) is 3.01. The lowest BCUT2D eigenvalue weighted by Gasteiger charge is -2.02. The number of carboxylic acid groups (broad SMARTS) is 1. The zero-order valence-electron chi connectivity index (χ0n) is 6.92. The first-order valence-electron chi connectivity index (χ1n) is 3.64. The largest absolute Gasteiger partial charge is 0.481 e. The molecule has 72 valence electrons. The van der Waals surface area contributed by atoms with Gasteiger partial charge < -0.3 is 5.11 Å². The first kappa shape index (κ1) is 10.5. The van der Waals surface area contributed by atoms with E-state index in [1.165, 1.54) is 6.07 Å². The van der Waals surface area contributed by atoms with E-state index in [9.17, 15) is 9.18 Å². The highest BCUT2D eigenvalue weighted by Gasteiger charge is 2.12. The minimum Gasteiger partial charge on any atom is -0.481 e. The van der Waals surface area contributed by atoms with Crippen molar-refractivity contribution >= 4 is 17.6 Å². The maximum atomic E-state index is 13.2. The molecule has 0 saturated carbocycles. The standard InChI is InChI=1S/C9H5ClFNO2/c10-7-1-5(4-12)2-8(11)6(7)3-9(13)14/h1-2H,3H2,(H,13,14). The molecule has 0 heterocycles. The molecule has 0 fully saturated rings. The highest BCUT2D eigenvalue weighted by Crippen LogP contribution is 2.21. The molecule has 0 aliphatic heterocycles. The monoisotopic (exact) mass is 213 g/mol. The highest BCUT2D eigenvalue weighted by molar-refractivity contribution is 6.31. The normalized spacial score (nSPS) is 9.50. The van der Waals surface area contributed by atoms with Crippen molar-refractivity contribution in [3.05, 3.63) is 34.1 Å². The third-order valence-electron chi connectivity index (χ3n) is 1.60. The molecule has 1 aromatic carbocycles. The van der Waals surface area contributed by atoms with Crippen LogP contribution in [0.25, 0.3) is 0 Å². The average molecular weight is 214 g/mol. The molecule has 0 aliphatic rings. The van der Waals surface area contributed by atoms with Gasteiger partial charge in [0.1, 0.15) is 5.82 Å². The van der Waals surface area contributed by atoms with Crippen molar-refractivity contribution in [1.29, 1.82) is 5.26 Å². The van der Waals surface area contributed by atoms with Gasteiger partial charge in [-0.3, -0.25) is 4.79 Å². The van der Waals surface area contributed by atoms with Crippen molar-refractivity contribution in [3.63, 3.8) is 0 Å². The molecule has 0 radical (unpaired) electrons. The molecule has 5 heteroatoms. The summed E-state index contributed by atoms with van der Waals surface area (Å²) in [6.45, 7) is 0. The summed E-state index contributed by atoms with van der Waals surface area (Å²) in [6, 6.07) is 3.92. The molecule has 0 aromatic heterocycles. The lowest BCUT2D eigenvalue weighted by molar-refractivity contribution is -0.136. The van der Waals surface area contributed by atoms with Gasteiger partial charge in [0.05, 0.1) is 18.1 Å². The summed E-state index contributed by atoms with van der Waals surface area (Å²) in [5, 5.41) is 16.9. The number of benzene rings is 1. The number of rotatable bonds is 2. The van der Waals surface area contributed by atoms with Crippen LogP contribution in [0, 0.1) is 17.1 Å². The summed E-state index contributed by atoms with van der Waals surface area (Å²) in [4.78, 5) is 10.3. The quantitative estimate of drug-likeness (QED) is 0.817. The Labute approximate surface area is 84.3 Å². The molecule has 0 unspecified atom stereocenters. The van der Waals surface area contributed by atoms with Gasteiger partial charge in [0.2, 0.25) is 0 Å². The minimum atomic E-state index is -1.17. The van der Waals surface area contributed by atoms with Crippen molar-refractivity contribution in [2.45, 2.75) is 6.42 Å². The predicted molar refractivity (Wildman–Crippen MR) is 47.5 cm³/mol. The molecule has 0 aliphatic carbocycles. The van der Waals surface area contributed by atoms with Gasteiger partial charge in [0.15, 0.2) is 0 Å². The van der Waals surface area contributed by atoms with Crippen LogP contribution in [-0.4, -0.2) is 11.1 Å². The number of nitriles is 1. The van der Waals surface area contributed by atoms with E-state index >= 15 is 0 Å². The third-order valence-corrected chi connectivity index (χ3v) is 1.94. The van der Waals surface area contributed by atoms with Crippen molar-refractivity contribution in [1.82, 2.24) is 0 Å². The van der Waals surface area contributed by atoms with Crippen LogP contribution in [0.1, 0.15) is 11.1 Å². The van der Waals surface area contributed by atoms with Gasteiger partial charge in [-0.05, 0) is 12.1 Å². The molecule has 3 nitrogen and oxygen atoms in total. The van der Waals surface area contributed by atoms with Crippen molar-refractivity contribution in [2.75, 3.05) is 0 Å². The van der Waals surface area contributed by atoms with Crippen LogP contribution in [0.2, 0.25) is 5.02 Å². The highest BCUT2D eigenvalue weighted by atomic mass is 35.5. The Hall–Kier alpha value is -1.60. The van der Waals surface area contributed by atoms with E-state index in [0.717, 1.165) is 6.07 Å². The molecular formula is C9H5ClFNO2. The Morgan fingerprint density at radius 3 is 2.71 bits per heavy atom. The Morgan fingerprint density at radius 1 is 1.64 bits per heavy atom. The maximum Gasteiger partial charge on any atom is 0.307 e. The predicted octanol–water partition coefficient (Wildman–Crippen LogP) is 1.98. The molecule has 1 aromatic rings. The SMILES string of the molecule is N#Cc1cc(F)c(CC(=O)O)c(Cl)c1. The van der Waals surface area contributed by atoms with Gasteiger partial charge in [0.25, 0.3) is 0 Å². The zero-order valence-corrected chi connectivity index (χ0v) is 7.68. The molecule has 0 atom stereocenters. The fraction of sp³-hybridized carbons (Fsp3) is 0.111. The maximum absolute atomic E-state index is 13.2. The van der Waals surface area contributed by atoms with E-state index in [-0.39, 0.29) is 16.1 Å². The molecule has 0 bridgehead atoms. The molecule has 1 N–H and O–H groups in total. The van der Waals surface area contributed by atoms with E-state index in [0.29, 0.717) is 0 Å². The Bertz CT molecular complexity index is 402. The number of aliphatic carboxylic acids is 1. The fourth-order valence-corrected chi connectivity index (χ4v) is 1.26. The van der Waals surface area contributed by atoms with Crippen molar-refractivity contribution in [3.8, 4) is 6.07 Å². The van der Waals surface area contributed by atoms with E-state index in [1.54, 1.807) is 6.07 Å². The smallest absolute Gasteiger partial charge is 0.307 e. The lowest BCUT2D eigenvalue weighted by Crippen LogP contribution is -2.03. The van der Waals surface area contributed by atoms with E-state index in [2.05, 4.69) is 0 Å². The van der Waals surface area contributed by atoms with Crippen LogP contribution < -0.4 is 0 Å². The van der Waals surface area contributed by atoms with E-state index < -0.39 is 18.2 Å². The average Bonchev–Trinajstić information content (AvgIpc) is 2.10. The van der Waals surface area contributed by atoms with E-state index in [1.807, 2.05) is 0 Å². The molecular weight excluding hydrogens is 209 g/mol. The number of carboxylic acids is 1. The number of hydrogen-bond acceptors (Lipinski definition) is 2. The van der Waals surface area contributed by atoms with Crippen LogP contribution >= 0.6 is 11.6 Å². The van der Waals surface area contributed by atoms with Gasteiger partial charge in [-0.15, -0.1) is 0 Å². The Balaban J connectivity index is 3.19. The number of nitrogens with zero attached hydrogens (tertiary/aromatic N) is 1. The first-order chi connectivity index (χ1) is 6.54. The molecule has 0 spiro atoms. The molecule has 1 rings (SSSR count). The Kier molecular flexibility index (Phi) is 3.05. The van der Waals surface area contributed by atoms with Crippen molar-refractivity contribution in [2.24, 2.45) is 0 Å². The Morgan fingerprint density at radius 2 is 2.29 bits per heavy atom. The van der Waals surface area contributed by atoms with Gasteiger partial charge >= 0.3 is 5.97 Å². The number of carbonyl (C=O) groups is 1. The van der Waals surface area contributed by atoms with Gasteiger partial charge in [-0.1, -0.05) is 11.6 Å². The molecule has 0 saturated heterocycles. The second-order valence-electron chi connectivity index (χ2n) is 2.60. The number of hydrogen-bond donors (Lipinski definition) is 1. The molecule has 0 amide bonds. The van der Waals surface area contributed by atoms with E-state index in [4.69, 9.17) is 22.0 Å². The topological polar surface area (TPSA) is 61.1 Å². The molecule has 14 heavy (non-hydrogen) atoms. The summed E-state index contributed by atoms with van der Waals surface area (Å²) in [5.41, 5.74) is -0.0280. The fourth-order valence-electron chi connectivity index (χ4n) is 0.988. The minimum absolute atomic E-state index is 0.0380. The van der Waals surface area contributed by atoms with Crippen LogP contribution in [0.4, 0.5) is 4.39 Å². The summed E-state index contributed by atoms with van der Waals surface area (Å²) in [5.74, 6) is -1.94. The summed E-state index contributed by atoms with van der Waals surface area (Å²) in [6.07, 6.45) is -0.490. The van der Waals surface area contributed by atoms with Crippen LogP contribution in [-0.2, 0) is 11.2 Å².